The number of fused-ring (bicyclic) bond motifs is 1. The van der Waals surface area contributed by atoms with E-state index in [1.165, 1.54) is 4.88 Å². The summed E-state index contributed by atoms with van der Waals surface area (Å²) in [6.07, 6.45) is 4.43. The lowest BCUT2D eigenvalue weighted by Gasteiger charge is -2.31. The van der Waals surface area contributed by atoms with Gasteiger partial charge in [-0.1, -0.05) is 6.92 Å². The van der Waals surface area contributed by atoms with E-state index in [4.69, 9.17) is 4.74 Å². The molecule has 0 spiro atoms. The van der Waals surface area contributed by atoms with Crippen molar-refractivity contribution in [2.75, 3.05) is 18.0 Å². The van der Waals surface area contributed by atoms with Crippen LogP contribution in [-0.4, -0.2) is 35.6 Å². The Morgan fingerprint density at radius 1 is 1.45 bits per heavy atom. The molecule has 3 heterocycles. The van der Waals surface area contributed by atoms with E-state index in [0.717, 1.165) is 48.4 Å². The molecule has 20 heavy (non-hydrogen) atoms. The molecular formula is C14H17N3O2S. The second-order valence-electron chi connectivity index (χ2n) is 4.90. The van der Waals surface area contributed by atoms with Crippen LogP contribution in [-0.2, 0) is 16.0 Å². The Kier molecular flexibility index (Phi) is 3.82. The van der Waals surface area contributed by atoms with E-state index in [9.17, 15) is 4.79 Å². The number of ether oxygens (including phenoxy) is 1. The van der Waals surface area contributed by atoms with Crippen molar-refractivity contribution in [1.29, 1.82) is 0 Å². The summed E-state index contributed by atoms with van der Waals surface area (Å²) in [6, 6.07) is 2.20. The van der Waals surface area contributed by atoms with Crippen LogP contribution in [0.3, 0.4) is 0 Å². The molecule has 0 aliphatic carbocycles. The molecule has 0 unspecified atom stereocenters. The zero-order chi connectivity index (χ0) is 13.9. The molecule has 0 N–H and O–H groups in total. The number of aromatic nitrogens is 2. The fraction of sp³-hybridized carbons (Fsp3) is 0.500. The highest BCUT2D eigenvalue weighted by molar-refractivity contribution is 7.18. The first kappa shape index (κ1) is 13.3. The molecule has 0 amide bonds. The average molecular weight is 291 g/mol. The molecule has 5 nitrogen and oxygen atoms in total. The van der Waals surface area contributed by atoms with E-state index in [1.807, 2.05) is 0 Å². The van der Waals surface area contributed by atoms with Gasteiger partial charge in [-0.05, 0) is 12.5 Å². The average Bonchev–Trinajstić information content (AvgIpc) is 2.91. The predicted octanol–water partition coefficient (Wildman–Crippen LogP) is 2.40. The van der Waals surface area contributed by atoms with Crippen molar-refractivity contribution in [3.63, 3.8) is 0 Å². The van der Waals surface area contributed by atoms with E-state index >= 15 is 0 Å². The Bertz CT molecular complexity index is 605. The van der Waals surface area contributed by atoms with Crippen molar-refractivity contribution in [1.82, 2.24) is 9.97 Å². The number of thiophene rings is 1. The van der Waals surface area contributed by atoms with Crippen LogP contribution in [0, 0.1) is 0 Å². The summed E-state index contributed by atoms with van der Waals surface area (Å²) in [5.74, 6) is 1.01. The number of rotatable bonds is 4. The summed E-state index contributed by atoms with van der Waals surface area (Å²) in [7, 11) is 0. The summed E-state index contributed by atoms with van der Waals surface area (Å²) in [5.41, 5.74) is 0. The lowest BCUT2D eigenvalue weighted by molar-refractivity contribution is -0.134. The maximum absolute atomic E-state index is 10.4. The standard InChI is InChI=1S/C14H17N3O2S/c1-2-11-7-12-13(15-8-16-14(12)20-11)17-5-3-10(4-6-17)19-9-18/h7-10H,2-6H2,1H3. The maximum atomic E-state index is 10.4. The minimum Gasteiger partial charge on any atom is -0.464 e. The van der Waals surface area contributed by atoms with Gasteiger partial charge >= 0.3 is 0 Å². The molecule has 0 bridgehead atoms. The number of aryl methyl sites for hydroxylation is 1. The fourth-order valence-electron chi connectivity index (χ4n) is 2.60. The van der Waals surface area contributed by atoms with Gasteiger partial charge in [-0.15, -0.1) is 11.3 Å². The monoisotopic (exact) mass is 291 g/mol. The number of nitrogens with zero attached hydrogens (tertiary/aromatic N) is 3. The number of anilines is 1. The highest BCUT2D eigenvalue weighted by Crippen LogP contribution is 2.31. The Balaban J connectivity index is 1.84. The second kappa shape index (κ2) is 5.75. The lowest BCUT2D eigenvalue weighted by Crippen LogP contribution is -2.37. The number of carbonyl (C=O) groups is 1. The predicted molar refractivity (Wildman–Crippen MR) is 79.2 cm³/mol. The van der Waals surface area contributed by atoms with Gasteiger partial charge in [0.2, 0.25) is 0 Å². The van der Waals surface area contributed by atoms with Gasteiger partial charge in [0.05, 0.1) is 5.39 Å². The molecule has 1 aliphatic rings. The van der Waals surface area contributed by atoms with E-state index in [2.05, 4.69) is 27.9 Å². The molecular weight excluding hydrogens is 274 g/mol. The largest absolute Gasteiger partial charge is 0.464 e. The topological polar surface area (TPSA) is 55.3 Å². The van der Waals surface area contributed by atoms with Crippen molar-refractivity contribution in [3.8, 4) is 0 Å². The lowest BCUT2D eigenvalue weighted by atomic mass is 10.1. The van der Waals surface area contributed by atoms with Crippen molar-refractivity contribution in [2.24, 2.45) is 0 Å². The molecule has 2 aromatic heterocycles. The molecule has 0 atom stereocenters. The van der Waals surface area contributed by atoms with Crippen LogP contribution in [0.15, 0.2) is 12.4 Å². The molecule has 0 radical (unpaired) electrons. The van der Waals surface area contributed by atoms with E-state index in [1.54, 1.807) is 17.7 Å². The van der Waals surface area contributed by atoms with Gasteiger partial charge in [0.25, 0.3) is 6.47 Å². The molecule has 1 saturated heterocycles. The first-order valence-corrected chi connectivity index (χ1v) is 7.71. The Hall–Kier alpha value is -1.69. The molecule has 2 aromatic rings. The van der Waals surface area contributed by atoms with Crippen LogP contribution in [0.4, 0.5) is 5.82 Å². The number of hydrogen-bond acceptors (Lipinski definition) is 6. The van der Waals surface area contributed by atoms with Crippen LogP contribution in [0.25, 0.3) is 10.2 Å². The highest BCUT2D eigenvalue weighted by atomic mass is 32.1. The van der Waals surface area contributed by atoms with Gasteiger partial charge < -0.3 is 9.64 Å². The van der Waals surface area contributed by atoms with E-state index in [-0.39, 0.29) is 6.10 Å². The summed E-state index contributed by atoms with van der Waals surface area (Å²) >= 11 is 1.74. The molecule has 1 fully saturated rings. The first-order chi connectivity index (χ1) is 9.81. The molecule has 3 rings (SSSR count). The van der Waals surface area contributed by atoms with E-state index in [0.29, 0.717) is 6.47 Å². The molecule has 106 valence electrons. The second-order valence-corrected chi connectivity index (χ2v) is 6.02. The van der Waals surface area contributed by atoms with Crippen molar-refractivity contribution in [2.45, 2.75) is 32.3 Å². The van der Waals surface area contributed by atoms with Crippen molar-refractivity contribution >= 4 is 33.8 Å². The molecule has 0 saturated carbocycles. The highest BCUT2D eigenvalue weighted by Gasteiger charge is 2.22. The van der Waals surface area contributed by atoms with Gasteiger partial charge in [-0.3, -0.25) is 4.79 Å². The summed E-state index contributed by atoms with van der Waals surface area (Å²) < 4.78 is 5.04. The summed E-state index contributed by atoms with van der Waals surface area (Å²) in [4.78, 5) is 23.9. The number of carbonyl (C=O) groups excluding carboxylic acids is 1. The SMILES string of the molecule is CCc1cc2c(N3CCC(OC=O)CC3)ncnc2s1. The van der Waals surface area contributed by atoms with E-state index < -0.39 is 0 Å². The van der Waals surface area contributed by atoms with Gasteiger partial charge in [-0.25, -0.2) is 9.97 Å². The van der Waals surface area contributed by atoms with Crippen LogP contribution >= 0.6 is 11.3 Å². The summed E-state index contributed by atoms with van der Waals surface area (Å²) in [6.45, 7) is 4.43. The zero-order valence-corrected chi connectivity index (χ0v) is 12.2. The third-order valence-electron chi connectivity index (χ3n) is 3.70. The van der Waals surface area contributed by atoms with Crippen LogP contribution in [0.5, 0.6) is 0 Å². The van der Waals surface area contributed by atoms with Crippen molar-refractivity contribution < 1.29 is 9.53 Å². The fourth-order valence-corrected chi connectivity index (χ4v) is 3.53. The minimum absolute atomic E-state index is 0.0507. The number of piperidine rings is 1. The van der Waals surface area contributed by atoms with Crippen molar-refractivity contribution in [3.05, 3.63) is 17.3 Å². The van der Waals surface area contributed by atoms with Gasteiger partial charge in [-0.2, -0.15) is 0 Å². The van der Waals surface area contributed by atoms with Crippen LogP contribution in [0.1, 0.15) is 24.6 Å². The smallest absolute Gasteiger partial charge is 0.293 e. The minimum atomic E-state index is 0.0507. The quantitative estimate of drug-likeness (QED) is 0.810. The Labute approximate surface area is 121 Å². The van der Waals surface area contributed by atoms with Crippen LogP contribution in [0.2, 0.25) is 0 Å². The number of hydrogen-bond donors (Lipinski definition) is 0. The third-order valence-corrected chi connectivity index (χ3v) is 4.88. The summed E-state index contributed by atoms with van der Waals surface area (Å²) in [5, 5.41) is 1.14. The molecule has 6 heteroatoms. The maximum Gasteiger partial charge on any atom is 0.293 e. The zero-order valence-electron chi connectivity index (χ0n) is 11.4. The van der Waals surface area contributed by atoms with Gasteiger partial charge in [0, 0.05) is 30.8 Å². The van der Waals surface area contributed by atoms with Gasteiger partial charge in [0.1, 0.15) is 23.1 Å². The van der Waals surface area contributed by atoms with Crippen LogP contribution < -0.4 is 4.90 Å². The third kappa shape index (κ3) is 2.47. The molecule has 0 aromatic carbocycles. The normalized spacial score (nSPS) is 16.6. The first-order valence-electron chi connectivity index (χ1n) is 6.89. The Morgan fingerprint density at radius 2 is 2.25 bits per heavy atom. The Morgan fingerprint density at radius 3 is 2.95 bits per heavy atom. The molecule has 1 aliphatic heterocycles. The van der Waals surface area contributed by atoms with Gasteiger partial charge in [0.15, 0.2) is 0 Å².